The third kappa shape index (κ3) is 4.42. The lowest BCUT2D eigenvalue weighted by atomic mass is 10.2. The fraction of sp³-hybridized carbons (Fsp3) is 0. The zero-order valence-corrected chi connectivity index (χ0v) is 25.4. The molecule has 0 amide bonds. The van der Waals surface area contributed by atoms with Crippen molar-refractivity contribution in [2.24, 2.45) is 0 Å². The van der Waals surface area contributed by atoms with E-state index in [4.69, 9.17) is 44.9 Å². The van der Waals surface area contributed by atoms with Crippen LogP contribution in [-0.2, 0) is 0 Å². The van der Waals surface area contributed by atoms with Crippen LogP contribution in [0.5, 0.6) is 0 Å². The molecule has 0 aliphatic rings. The lowest BCUT2D eigenvalue weighted by Gasteiger charge is -2.10. The van der Waals surface area contributed by atoms with Crippen molar-refractivity contribution >= 4 is 49.9 Å². The molecule has 49 heavy (non-hydrogen) atoms. The van der Waals surface area contributed by atoms with Gasteiger partial charge in [-0.3, -0.25) is 4.40 Å². The van der Waals surface area contributed by atoms with Crippen molar-refractivity contribution < 1.29 is 0 Å². The molecule has 0 saturated heterocycles. The minimum Gasteiger partial charge on any atom is -0.273 e. The van der Waals surface area contributed by atoms with Crippen LogP contribution < -0.4 is 0 Å². The molecule has 228 valence electrons. The molecule has 10 aromatic rings. The molecule has 0 N–H and O–H groups in total. The van der Waals surface area contributed by atoms with Crippen molar-refractivity contribution in [2.75, 3.05) is 0 Å². The van der Waals surface area contributed by atoms with E-state index in [0.29, 0.717) is 68.2 Å². The van der Waals surface area contributed by atoms with Gasteiger partial charge in [-0.2, -0.15) is 0 Å². The van der Waals surface area contributed by atoms with Crippen LogP contribution in [0.4, 0.5) is 0 Å². The maximum absolute atomic E-state index is 5.09. The molecule has 0 saturated carbocycles. The lowest BCUT2D eigenvalue weighted by Crippen LogP contribution is -2.04. The molecule has 0 spiro atoms. The van der Waals surface area contributed by atoms with Crippen molar-refractivity contribution in [1.29, 1.82) is 0 Å². The van der Waals surface area contributed by atoms with Crippen LogP contribution in [0.1, 0.15) is 0 Å². The van der Waals surface area contributed by atoms with Gasteiger partial charge in [-0.15, -0.1) is 0 Å². The van der Waals surface area contributed by atoms with Crippen molar-refractivity contribution in [3.63, 3.8) is 0 Å². The molecule has 6 aromatic heterocycles. The molecule has 4 aromatic carbocycles. The van der Waals surface area contributed by atoms with Gasteiger partial charge < -0.3 is 0 Å². The highest BCUT2D eigenvalue weighted by atomic mass is 15.1. The van der Waals surface area contributed by atoms with E-state index in [9.17, 15) is 0 Å². The van der Waals surface area contributed by atoms with E-state index in [1.807, 2.05) is 101 Å². The Kier molecular flexibility index (Phi) is 5.87. The number of imidazole rings is 1. The van der Waals surface area contributed by atoms with E-state index < -0.39 is 0 Å². The third-order valence-electron chi connectivity index (χ3n) is 8.27. The molecule has 0 fully saturated rings. The monoisotopic (exact) mass is 632 g/mol. The van der Waals surface area contributed by atoms with Crippen LogP contribution in [0.15, 0.2) is 122 Å². The van der Waals surface area contributed by atoms with Gasteiger partial charge in [0.25, 0.3) is 0 Å². The minimum atomic E-state index is 0.412. The van der Waals surface area contributed by atoms with E-state index in [2.05, 4.69) is 9.97 Å². The van der Waals surface area contributed by atoms with Gasteiger partial charge in [-0.1, -0.05) is 72.8 Å². The van der Waals surface area contributed by atoms with Gasteiger partial charge >= 0.3 is 0 Å². The van der Waals surface area contributed by atoms with Gasteiger partial charge in [0.1, 0.15) is 5.52 Å². The minimum absolute atomic E-state index is 0.412. The Hall–Kier alpha value is -7.21. The van der Waals surface area contributed by atoms with Crippen LogP contribution in [-0.4, -0.2) is 59.2 Å². The van der Waals surface area contributed by atoms with Crippen molar-refractivity contribution in [1.82, 2.24) is 59.2 Å². The molecule has 10 rings (SSSR count). The molecule has 12 nitrogen and oxygen atoms in total. The summed E-state index contributed by atoms with van der Waals surface area (Å²) in [5.74, 6) is 2.52. The fourth-order valence-corrected chi connectivity index (χ4v) is 6.01. The van der Waals surface area contributed by atoms with Crippen LogP contribution in [0.3, 0.4) is 0 Å². The Bertz CT molecular complexity index is 2820. The van der Waals surface area contributed by atoms with E-state index in [1.54, 1.807) is 24.8 Å². The lowest BCUT2D eigenvalue weighted by molar-refractivity contribution is 1.04. The SMILES string of the molecule is c1ccc(-c2nc(-c3ccccc3)nc(-c3cnc(-c4nc5ccc6nc7nccnc7nc6c5c5nc6ccccc6n45)nc3)n2)cc1. The third-order valence-corrected chi connectivity index (χ3v) is 8.27. The first-order valence-electron chi connectivity index (χ1n) is 15.4. The maximum Gasteiger partial charge on any atom is 0.198 e. The predicted molar refractivity (Wildman–Crippen MR) is 185 cm³/mol. The summed E-state index contributed by atoms with van der Waals surface area (Å²) in [7, 11) is 0. The van der Waals surface area contributed by atoms with Gasteiger partial charge in [0.15, 0.2) is 46.1 Å². The van der Waals surface area contributed by atoms with Crippen molar-refractivity contribution in [3.05, 3.63) is 122 Å². The maximum atomic E-state index is 5.09. The molecular formula is C37H20N12. The second-order valence-electron chi connectivity index (χ2n) is 11.3. The van der Waals surface area contributed by atoms with E-state index >= 15 is 0 Å². The number of rotatable bonds is 4. The van der Waals surface area contributed by atoms with Crippen LogP contribution in [0.25, 0.3) is 95.7 Å². The first-order chi connectivity index (χ1) is 24.3. The van der Waals surface area contributed by atoms with Gasteiger partial charge in [0, 0.05) is 35.9 Å². The average Bonchev–Trinajstić information content (AvgIpc) is 3.57. The Labute approximate surface area is 276 Å². The number of para-hydroxylation sites is 2. The molecule has 0 aliphatic heterocycles. The molecule has 0 atom stereocenters. The van der Waals surface area contributed by atoms with Gasteiger partial charge in [0.05, 0.1) is 33.0 Å². The topological polar surface area (TPSA) is 146 Å². The summed E-state index contributed by atoms with van der Waals surface area (Å²) in [4.78, 5) is 52.5. The Balaban J connectivity index is 1.16. The summed E-state index contributed by atoms with van der Waals surface area (Å²) in [6.07, 6.45) is 6.64. The molecule has 0 unspecified atom stereocenters. The van der Waals surface area contributed by atoms with Gasteiger partial charge in [0.2, 0.25) is 0 Å². The first kappa shape index (κ1) is 27.0. The highest BCUT2D eigenvalue weighted by Crippen LogP contribution is 2.33. The number of aromatic nitrogens is 12. The summed E-state index contributed by atoms with van der Waals surface area (Å²) in [5.41, 5.74) is 7.63. The molecular weight excluding hydrogens is 612 g/mol. The number of hydrogen-bond donors (Lipinski definition) is 0. The summed E-state index contributed by atoms with van der Waals surface area (Å²) < 4.78 is 1.97. The number of fused-ring (bicyclic) bond motifs is 8. The molecule has 0 bridgehead atoms. The zero-order chi connectivity index (χ0) is 32.3. The number of benzene rings is 4. The second kappa shape index (κ2) is 10.7. The van der Waals surface area contributed by atoms with Gasteiger partial charge in [-0.25, -0.2) is 54.8 Å². The van der Waals surface area contributed by atoms with Crippen molar-refractivity contribution in [3.8, 4) is 45.8 Å². The normalized spacial score (nSPS) is 11.7. The average molecular weight is 633 g/mol. The van der Waals surface area contributed by atoms with E-state index in [1.165, 1.54) is 0 Å². The quantitative estimate of drug-likeness (QED) is 0.153. The van der Waals surface area contributed by atoms with E-state index in [0.717, 1.165) is 27.5 Å². The van der Waals surface area contributed by atoms with E-state index in [-0.39, 0.29) is 0 Å². The highest BCUT2D eigenvalue weighted by molar-refractivity contribution is 6.12. The summed E-state index contributed by atoms with van der Waals surface area (Å²) in [5, 5.41) is 0.751. The predicted octanol–water partition coefficient (Wildman–Crippen LogP) is 6.57. The summed E-state index contributed by atoms with van der Waals surface area (Å²) >= 11 is 0. The Morgan fingerprint density at radius 2 is 1.00 bits per heavy atom. The molecule has 0 radical (unpaired) electrons. The molecule has 6 heterocycles. The second-order valence-corrected chi connectivity index (χ2v) is 11.3. The molecule has 12 heteroatoms. The Morgan fingerprint density at radius 1 is 0.408 bits per heavy atom. The number of hydrogen-bond acceptors (Lipinski definition) is 11. The Morgan fingerprint density at radius 3 is 1.69 bits per heavy atom. The van der Waals surface area contributed by atoms with Crippen LogP contribution >= 0.6 is 0 Å². The smallest absolute Gasteiger partial charge is 0.198 e. The zero-order valence-electron chi connectivity index (χ0n) is 25.4. The summed E-state index contributed by atoms with van der Waals surface area (Å²) in [6, 6.07) is 31.4. The largest absolute Gasteiger partial charge is 0.273 e. The van der Waals surface area contributed by atoms with Crippen LogP contribution in [0.2, 0.25) is 0 Å². The van der Waals surface area contributed by atoms with Gasteiger partial charge in [-0.05, 0) is 24.3 Å². The van der Waals surface area contributed by atoms with Crippen molar-refractivity contribution in [2.45, 2.75) is 0 Å². The highest BCUT2D eigenvalue weighted by Gasteiger charge is 2.21. The summed E-state index contributed by atoms with van der Waals surface area (Å²) in [6.45, 7) is 0. The molecule has 0 aliphatic carbocycles. The first-order valence-corrected chi connectivity index (χ1v) is 15.4. The number of nitrogens with zero attached hydrogens (tertiary/aromatic N) is 12. The standard InChI is InChI=1S/C37H20N12/c1-3-9-21(10-4-1)30-46-31(22-11-5-2-6-12-22)48-32(47-30)23-19-40-35(41-20-23)37-44-25-15-16-26-29(45-34-33(42-26)38-17-18-39-34)28(25)36-43-24-13-7-8-14-27(24)49(36)37/h1-20H. The fourth-order valence-electron chi connectivity index (χ4n) is 6.01. The van der Waals surface area contributed by atoms with Crippen LogP contribution in [0, 0.1) is 0 Å².